The molecule has 0 radical (unpaired) electrons. The zero-order valence-corrected chi connectivity index (χ0v) is 12.8. The maximum absolute atomic E-state index is 13.8. The number of hydrogen-bond donors (Lipinski definition) is 0. The molecule has 0 spiro atoms. The quantitative estimate of drug-likeness (QED) is 0.800. The van der Waals surface area contributed by atoms with Crippen LogP contribution in [0.2, 0.25) is 0 Å². The summed E-state index contributed by atoms with van der Waals surface area (Å²) in [6.45, 7) is 0.677. The summed E-state index contributed by atoms with van der Waals surface area (Å²) in [6, 6.07) is 3.94. The molecule has 0 saturated carbocycles. The Kier molecular flexibility index (Phi) is 5.01. The largest absolute Gasteiger partial charge is 0.381 e. The van der Waals surface area contributed by atoms with E-state index in [2.05, 4.69) is 0 Å². The van der Waals surface area contributed by atoms with Crippen molar-refractivity contribution in [2.45, 2.75) is 29.7 Å². The highest BCUT2D eigenvalue weighted by molar-refractivity contribution is 7.89. The van der Waals surface area contributed by atoms with E-state index >= 15 is 0 Å². The van der Waals surface area contributed by atoms with Crippen LogP contribution in [0, 0.1) is 5.82 Å². The maximum Gasteiger partial charge on any atom is 0.245 e. The lowest BCUT2D eigenvalue weighted by Crippen LogP contribution is -2.40. The average Bonchev–Trinajstić information content (AvgIpc) is 2.47. The van der Waals surface area contributed by atoms with E-state index in [0.717, 1.165) is 6.07 Å². The topological polar surface area (TPSA) is 46.6 Å². The van der Waals surface area contributed by atoms with Gasteiger partial charge in [0, 0.05) is 26.1 Å². The number of alkyl halides is 1. The number of sulfonamides is 1. The molecule has 2 rings (SSSR count). The van der Waals surface area contributed by atoms with Crippen molar-refractivity contribution in [2.24, 2.45) is 0 Å². The molecule has 4 nitrogen and oxygen atoms in total. The molecule has 7 heteroatoms. The first-order valence-corrected chi connectivity index (χ1v) is 8.34. The van der Waals surface area contributed by atoms with Crippen LogP contribution < -0.4 is 0 Å². The van der Waals surface area contributed by atoms with Crippen LogP contribution in [0.5, 0.6) is 0 Å². The molecule has 0 atom stereocenters. The zero-order valence-electron chi connectivity index (χ0n) is 11.2. The number of ether oxygens (including phenoxy) is 1. The highest BCUT2D eigenvalue weighted by atomic mass is 35.5. The Bertz CT molecular complexity index is 571. The molecule has 1 fully saturated rings. The van der Waals surface area contributed by atoms with Gasteiger partial charge in [-0.3, -0.25) is 0 Å². The molecule has 1 aliphatic rings. The number of hydrogen-bond acceptors (Lipinski definition) is 3. The first-order chi connectivity index (χ1) is 9.48. The predicted octanol–water partition coefficient (Wildman–Crippen LogP) is 2.36. The van der Waals surface area contributed by atoms with Gasteiger partial charge in [-0.2, -0.15) is 4.31 Å². The third kappa shape index (κ3) is 3.14. The van der Waals surface area contributed by atoms with Crippen LogP contribution in [-0.2, 0) is 20.6 Å². The van der Waals surface area contributed by atoms with Gasteiger partial charge in [0.05, 0.1) is 6.10 Å². The van der Waals surface area contributed by atoms with E-state index in [9.17, 15) is 12.8 Å². The van der Waals surface area contributed by atoms with Gasteiger partial charge in [0.25, 0.3) is 0 Å². The lowest BCUT2D eigenvalue weighted by atomic mass is 10.1. The lowest BCUT2D eigenvalue weighted by Gasteiger charge is -2.30. The monoisotopic (exact) mass is 321 g/mol. The van der Waals surface area contributed by atoms with Crippen molar-refractivity contribution < 1.29 is 17.5 Å². The minimum Gasteiger partial charge on any atom is -0.381 e. The van der Waals surface area contributed by atoms with E-state index < -0.39 is 15.8 Å². The van der Waals surface area contributed by atoms with Crippen LogP contribution >= 0.6 is 11.6 Å². The smallest absolute Gasteiger partial charge is 0.245 e. The van der Waals surface area contributed by atoms with Crippen LogP contribution in [0.25, 0.3) is 0 Å². The number of halogens is 2. The third-order valence-electron chi connectivity index (χ3n) is 3.50. The van der Waals surface area contributed by atoms with Gasteiger partial charge in [0.2, 0.25) is 10.0 Å². The summed E-state index contributed by atoms with van der Waals surface area (Å²) >= 11 is 5.68. The number of piperidine rings is 1. The van der Waals surface area contributed by atoms with Gasteiger partial charge in [-0.05, 0) is 30.5 Å². The van der Waals surface area contributed by atoms with Gasteiger partial charge in [0.1, 0.15) is 10.7 Å². The summed E-state index contributed by atoms with van der Waals surface area (Å²) in [6.07, 6.45) is 1.31. The summed E-state index contributed by atoms with van der Waals surface area (Å²) in [4.78, 5) is -0.300. The predicted molar refractivity (Wildman–Crippen MR) is 74.7 cm³/mol. The lowest BCUT2D eigenvalue weighted by molar-refractivity contribution is 0.0604. The highest BCUT2D eigenvalue weighted by Crippen LogP contribution is 2.25. The average molecular weight is 322 g/mol. The molecular weight excluding hydrogens is 305 g/mol. The normalized spacial score (nSPS) is 18.4. The van der Waals surface area contributed by atoms with Crippen LogP contribution in [-0.4, -0.2) is 39.0 Å². The molecular formula is C13H17ClFNO3S. The highest BCUT2D eigenvalue weighted by Gasteiger charge is 2.31. The molecule has 0 amide bonds. The van der Waals surface area contributed by atoms with Crippen molar-refractivity contribution in [3.63, 3.8) is 0 Å². The van der Waals surface area contributed by atoms with Gasteiger partial charge >= 0.3 is 0 Å². The fraction of sp³-hybridized carbons (Fsp3) is 0.538. The van der Waals surface area contributed by atoms with Gasteiger partial charge in [0.15, 0.2) is 0 Å². The second-order valence-corrected chi connectivity index (χ2v) is 6.91. The Labute approximate surface area is 123 Å². The molecule has 1 aromatic rings. The molecule has 1 heterocycles. The van der Waals surface area contributed by atoms with Gasteiger partial charge < -0.3 is 4.74 Å². The molecule has 0 unspecified atom stereocenters. The van der Waals surface area contributed by atoms with E-state index in [4.69, 9.17) is 16.3 Å². The van der Waals surface area contributed by atoms with E-state index in [1.54, 1.807) is 7.11 Å². The van der Waals surface area contributed by atoms with Crippen LogP contribution in [0.15, 0.2) is 23.1 Å². The van der Waals surface area contributed by atoms with E-state index in [1.807, 2.05) is 0 Å². The van der Waals surface area contributed by atoms with E-state index in [1.165, 1.54) is 16.4 Å². The number of rotatable bonds is 4. The molecule has 0 N–H and O–H groups in total. The molecule has 0 aromatic heterocycles. The Hall–Kier alpha value is -0.690. The van der Waals surface area contributed by atoms with Crippen molar-refractivity contribution in [2.75, 3.05) is 20.2 Å². The number of methoxy groups -OCH3 is 1. The first-order valence-electron chi connectivity index (χ1n) is 6.36. The summed E-state index contributed by atoms with van der Waals surface area (Å²) in [5.74, 6) is -0.595. The van der Waals surface area contributed by atoms with E-state index in [0.29, 0.717) is 31.5 Å². The van der Waals surface area contributed by atoms with Gasteiger partial charge in [-0.15, -0.1) is 11.6 Å². The second-order valence-electron chi connectivity index (χ2n) is 4.74. The summed E-state index contributed by atoms with van der Waals surface area (Å²) in [5.41, 5.74) is 0.582. The Morgan fingerprint density at radius 1 is 1.40 bits per heavy atom. The summed E-state index contributed by atoms with van der Waals surface area (Å²) < 4.78 is 45.3. The molecule has 0 aliphatic carbocycles. The van der Waals surface area contributed by atoms with Crippen LogP contribution in [0.3, 0.4) is 0 Å². The Morgan fingerprint density at radius 2 is 2.05 bits per heavy atom. The molecule has 20 heavy (non-hydrogen) atoms. The molecule has 1 aliphatic heterocycles. The first kappa shape index (κ1) is 15.7. The fourth-order valence-corrected chi connectivity index (χ4v) is 4.03. The summed E-state index contributed by atoms with van der Waals surface area (Å²) in [5, 5.41) is 0. The molecule has 1 aromatic carbocycles. The van der Waals surface area contributed by atoms with Crippen molar-refractivity contribution in [3.8, 4) is 0 Å². The molecule has 0 bridgehead atoms. The molecule has 112 valence electrons. The SMILES string of the molecule is COC1CCN(S(=O)(=O)c2cc(CCl)ccc2F)CC1. The fourth-order valence-electron chi connectivity index (χ4n) is 2.28. The Balaban J connectivity index is 2.27. The van der Waals surface area contributed by atoms with Crippen molar-refractivity contribution >= 4 is 21.6 Å². The minimum absolute atomic E-state index is 0.0699. The van der Waals surface area contributed by atoms with Crippen molar-refractivity contribution in [1.82, 2.24) is 4.31 Å². The second kappa shape index (κ2) is 6.39. The van der Waals surface area contributed by atoms with Gasteiger partial charge in [-0.25, -0.2) is 12.8 Å². The van der Waals surface area contributed by atoms with Crippen LogP contribution in [0.1, 0.15) is 18.4 Å². The van der Waals surface area contributed by atoms with E-state index in [-0.39, 0.29) is 16.9 Å². The summed E-state index contributed by atoms with van der Waals surface area (Å²) in [7, 11) is -2.20. The van der Waals surface area contributed by atoms with Gasteiger partial charge in [-0.1, -0.05) is 6.07 Å². The minimum atomic E-state index is -3.81. The maximum atomic E-state index is 13.8. The standard InChI is InChI=1S/C13H17ClFNO3S/c1-19-11-4-6-16(7-5-11)20(17,18)13-8-10(9-14)2-3-12(13)15/h2-3,8,11H,4-7,9H2,1H3. The van der Waals surface area contributed by atoms with Crippen molar-refractivity contribution in [1.29, 1.82) is 0 Å². The number of benzene rings is 1. The van der Waals surface area contributed by atoms with Crippen molar-refractivity contribution in [3.05, 3.63) is 29.6 Å². The van der Waals surface area contributed by atoms with Crippen LogP contribution in [0.4, 0.5) is 4.39 Å². The zero-order chi connectivity index (χ0) is 14.8. The molecule has 1 saturated heterocycles. The Morgan fingerprint density at radius 3 is 2.60 bits per heavy atom. The number of nitrogens with zero attached hydrogens (tertiary/aromatic N) is 1. The third-order valence-corrected chi connectivity index (χ3v) is 5.72.